The standard InChI is InChI=1S/C15H22N4OS/c1-11-10-18(5-2-7-20-11)14-13(9-16-12-3-4-12)19-6-8-21-15(19)17-14/h6,8,11-12,16H,2-5,7,9-10H2,1H3. The molecule has 0 radical (unpaired) electrons. The van der Waals surface area contributed by atoms with Crippen molar-refractivity contribution in [3.63, 3.8) is 0 Å². The molecule has 1 saturated heterocycles. The van der Waals surface area contributed by atoms with Gasteiger partial charge in [0, 0.05) is 43.9 Å². The Hall–Kier alpha value is -1.11. The van der Waals surface area contributed by atoms with Gasteiger partial charge in [-0.1, -0.05) is 0 Å². The molecule has 5 nitrogen and oxygen atoms in total. The normalized spacial score (nSPS) is 23.7. The van der Waals surface area contributed by atoms with Gasteiger partial charge in [-0.2, -0.15) is 0 Å². The topological polar surface area (TPSA) is 41.8 Å². The summed E-state index contributed by atoms with van der Waals surface area (Å²) in [5.41, 5.74) is 1.30. The van der Waals surface area contributed by atoms with E-state index in [1.54, 1.807) is 11.3 Å². The Labute approximate surface area is 128 Å². The van der Waals surface area contributed by atoms with Crippen LogP contribution in [0.5, 0.6) is 0 Å². The summed E-state index contributed by atoms with van der Waals surface area (Å²) in [4.78, 5) is 8.38. The van der Waals surface area contributed by atoms with Crippen LogP contribution in [0.15, 0.2) is 11.6 Å². The third-order valence-electron chi connectivity index (χ3n) is 4.23. The lowest BCUT2D eigenvalue weighted by molar-refractivity contribution is 0.0820. The Morgan fingerprint density at radius 3 is 3.24 bits per heavy atom. The number of hydrogen-bond acceptors (Lipinski definition) is 5. The Morgan fingerprint density at radius 2 is 2.38 bits per heavy atom. The minimum atomic E-state index is 0.275. The van der Waals surface area contributed by atoms with E-state index in [1.807, 2.05) is 0 Å². The van der Waals surface area contributed by atoms with Gasteiger partial charge in [0.05, 0.1) is 11.8 Å². The molecule has 6 heteroatoms. The Morgan fingerprint density at radius 1 is 1.48 bits per heavy atom. The smallest absolute Gasteiger partial charge is 0.195 e. The van der Waals surface area contributed by atoms with Crippen LogP contribution in [0, 0.1) is 0 Å². The van der Waals surface area contributed by atoms with E-state index in [9.17, 15) is 0 Å². The van der Waals surface area contributed by atoms with Crippen molar-refractivity contribution in [3.8, 4) is 0 Å². The van der Waals surface area contributed by atoms with Crippen LogP contribution in [0.1, 0.15) is 31.9 Å². The quantitative estimate of drug-likeness (QED) is 0.941. The molecule has 21 heavy (non-hydrogen) atoms. The molecular formula is C15H22N4OS. The third kappa shape index (κ3) is 2.80. The zero-order valence-electron chi connectivity index (χ0n) is 12.4. The second kappa shape index (κ2) is 5.59. The number of nitrogens with one attached hydrogen (secondary N) is 1. The molecule has 3 heterocycles. The summed E-state index contributed by atoms with van der Waals surface area (Å²) in [6.45, 7) is 5.88. The maximum atomic E-state index is 5.77. The summed E-state index contributed by atoms with van der Waals surface area (Å²) in [5.74, 6) is 1.15. The number of anilines is 1. The van der Waals surface area contributed by atoms with Gasteiger partial charge in [-0.25, -0.2) is 4.98 Å². The fourth-order valence-electron chi connectivity index (χ4n) is 2.95. The zero-order chi connectivity index (χ0) is 14.2. The number of thiazole rings is 1. The number of rotatable bonds is 4. The number of hydrogen-bond donors (Lipinski definition) is 1. The van der Waals surface area contributed by atoms with E-state index in [2.05, 4.69) is 33.1 Å². The summed E-state index contributed by atoms with van der Waals surface area (Å²) in [6.07, 6.45) is 6.12. The van der Waals surface area contributed by atoms with E-state index in [1.165, 1.54) is 18.5 Å². The second-order valence-electron chi connectivity index (χ2n) is 6.07. The summed E-state index contributed by atoms with van der Waals surface area (Å²) in [6, 6.07) is 0.716. The molecule has 2 fully saturated rings. The number of fused-ring (bicyclic) bond motifs is 1. The molecule has 1 atom stereocenters. The van der Waals surface area contributed by atoms with Crippen molar-refractivity contribution < 1.29 is 4.74 Å². The molecule has 1 aliphatic carbocycles. The molecule has 2 aromatic heterocycles. The SMILES string of the molecule is CC1CN(c2nc3sccn3c2CNC2CC2)CCCO1. The summed E-state index contributed by atoms with van der Waals surface area (Å²) >= 11 is 1.71. The van der Waals surface area contributed by atoms with Gasteiger partial charge in [0.15, 0.2) is 10.8 Å². The fraction of sp³-hybridized carbons (Fsp3) is 0.667. The van der Waals surface area contributed by atoms with Crippen LogP contribution in [0.3, 0.4) is 0 Å². The first kappa shape index (κ1) is 13.5. The van der Waals surface area contributed by atoms with E-state index >= 15 is 0 Å². The van der Waals surface area contributed by atoms with E-state index in [-0.39, 0.29) is 6.10 Å². The van der Waals surface area contributed by atoms with Gasteiger partial charge in [-0.15, -0.1) is 11.3 Å². The van der Waals surface area contributed by atoms with Gasteiger partial charge < -0.3 is 15.0 Å². The van der Waals surface area contributed by atoms with Crippen LogP contribution in [-0.4, -0.2) is 41.2 Å². The predicted octanol–water partition coefficient (Wildman–Crippen LogP) is 2.26. The first-order valence-corrected chi connectivity index (χ1v) is 8.73. The number of imidazole rings is 1. The molecule has 1 N–H and O–H groups in total. The van der Waals surface area contributed by atoms with Crippen molar-refractivity contribution in [1.29, 1.82) is 0 Å². The highest BCUT2D eigenvalue weighted by Crippen LogP contribution is 2.27. The van der Waals surface area contributed by atoms with Crippen LogP contribution in [0.2, 0.25) is 0 Å². The Balaban J connectivity index is 1.64. The van der Waals surface area contributed by atoms with Crippen LogP contribution in [-0.2, 0) is 11.3 Å². The number of aromatic nitrogens is 2. The highest BCUT2D eigenvalue weighted by molar-refractivity contribution is 7.15. The lowest BCUT2D eigenvalue weighted by atomic mass is 10.3. The van der Waals surface area contributed by atoms with E-state index in [0.29, 0.717) is 6.04 Å². The molecule has 1 saturated carbocycles. The molecule has 2 aliphatic rings. The number of nitrogens with zero attached hydrogens (tertiary/aromatic N) is 3. The average Bonchev–Trinajstić information content (AvgIpc) is 3.13. The molecule has 0 spiro atoms. The second-order valence-corrected chi connectivity index (χ2v) is 6.95. The summed E-state index contributed by atoms with van der Waals surface area (Å²) in [5, 5.41) is 5.75. The molecule has 0 aromatic carbocycles. The molecule has 1 unspecified atom stereocenters. The van der Waals surface area contributed by atoms with E-state index < -0.39 is 0 Å². The Kier molecular flexibility index (Phi) is 3.61. The van der Waals surface area contributed by atoms with Gasteiger partial charge in [-0.3, -0.25) is 4.40 Å². The molecule has 114 valence electrons. The lowest BCUT2D eigenvalue weighted by Crippen LogP contribution is -2.32. The first-order valence-electron chi connectivity index (χ1n) is 7.85. The van der Waals surface area contributed by atoms with Gasteiger partial charge >= 0.3 is 0 Å². The van der Waals surface area contributed by atoms with Crippen molar-refractivity contribution in [3.05, 3.63) is 17.3 Å². The maximum Gasteiger partial charge on any atom is 0.195 e. The fourth-order valence-corrected chi connectivity index (χ4v) is 3.68. The average molecular weight is 306 g/mol. The first-order chi connectivity index (χ1) is 10.3. The molecule has 4 rings (SSSR count). The molecular weight excluding hydrogens is 284 g/mol. The molecule has 1 aliphatic heterocycles. The van der Waals surface area contributed by atoms with Crippen molar-refractivity contribution in [2.45, 2.75) is 44.9 Å². The summed E-state index contributed by atoms with van der Waals surface area (Å²) in [7, 11) is 0. The Bertz CT molecular complexity index is 618. The van der Waals surface area contributed by atoms with Crippen LogP contribution >= 0.6 is 11.3 Å². The zero-order valence-corrected chi connectivity index (χ0v) is 13.2. The van der Waals surface area contributed by atoms with Crippen molar-refractivity contribution in [2.75, 3.05) is 24.6 Å². The number of ether oxygens (including phenoxy) is 1. The minimum Gasteiger partial charge on any atom is -0.377 e. The molecule has 0 amide bonds. The van der Waals surface area contributed by atoms with Gasteiger partial charge in [0.25, 0.3) is 0 Å². The third-order valence-corrected chi connectivity index (χ3v) is 4.98. The largest absolute Gasteiger partial charge is 0.377 e. The van der Waals surface area contributed by atoms with Crippen molar-refractivity contribution in [2.24, 2.45) is 0 Å². The van der Waals surface area contributed by atoms with Crippen molar-refractivity contribution >= 4 is 22.1 Å². The van der Waals surface area contributed by atoms with Crippen LogP contribution < -0.4 is 10.2 Å². The monoisotopic (exact) mass is 306 g/mol. The lowest BCUT2D eigenvalue weighted by Gasteiger charge is -2.23. The summed E-state index contributed by atoms with van der Waals surface area (Å²) < 4.78 is 8.01. The predicted molar refractivity (Wildman–Crippen MR) is 85.2 cm³/mol. The van der Waals surface area contributed by atoms with E-state index in [0.717, 1.165) is 43.4 Å². The minimum absolute atomic E-state index is 0.275. The van der Waals surface area contributed by atoms with Crippen molar-refractivity contribution in [1.82, 2.24) is 14.7 Å². The van der Waals surface area contributed by atoms with Gasteiger partial charge in [0.2, 0.25) is 0 Å². The molecule has 2 aromatic rings. The molecule has 0 bridgehead atoms. The van der Waals surface area contributed by atoms with E-state index in [4.69, 9.17) is 9.72 Å². The van der Waals surface area contributed by atoms with Crippen LogP contribution in [0.4, 0.5) is 5.82 Å². The van der Waals surface area contributed by atoms with Gasteiger partial charge in [0.1, 0.15) is 0 Å². The highest BCUT2D eigenvalue weighted by atomic mass is 32.1. The van der Waals surface area contributed by atoms with Crippen LogP contribution in [0.25, 0.3) is 4.96 Å². The highest BCUT2D eigenvalue weighted by Gasteiger charge is 2.25. The maximum absolute atomic E-state index is 5.77. The van der Waals surface area contributed by atoms with Gasteiger partial charge in [-0.05, 0) is 26.2 Å².